The van der Waals surface area contributed by atoms with Gasteiger partial charge in [0, 0.05) is 11.6 Å². The quantitative estimate of drug-likeness (QED) is 0.231. The molecule has 4 aromatic rings. The molecule has 40 heavy (non-hydrogen) atoms. The fraction of sp³-hybridized carbons (Fsp3) is 0.226. The summed E-state index contributed by atoms with van der Waals surface area (Å²) >= 11 is 1.55. The summed E-state index contributed by atoms with van der Waals surface area (Å²) in [4.78, 5) is 25.0. The van der Waals surface area contributed by atoms with E-state index in [1.54, 1.807) is 23.9 Å². The van der Waals surface area contributed by atoms with Crippen molar-refractivity contribution in [2.24, 2.45) is 0 Å². The van der Waals surface area contributed by atoms with E-state index < -0.39 is 17.9 Å². The standard InChI is InChI=1S/C31H31N3O4S.Li.H/c1-21-8-6-7-11-25(21)27-20-22(13-16-26(27)30(35)32-28(31(36)37)18-19-39-2)12-14-23-15-17-29(34-33-23)38-24-9-4-3-5-10-24;;/h3-11,13,15-17,20,28H,12,14,18-19H2,1-2H3,(H,32,35)(H,36,37);;/t28-;;/m0../s1. The number of nitrogens with one attached hydrogen (secondary N) is 1. The molecule has 3 aromatic carbocycles. The van der Waals surface area contributed by atoms with Gasteiger partial charge in [-0.3, -0.25) is 4.79 Å². The molecule has 0 aliphatic heterocycles. The summed E-state index contributed by atoms with van der Waals surface area (Å²) in [5.74, 6) is 0.343. The summed E-state index contributed by atoms with van der Waals surface area (Å²) in [5, 5.41) is 20.8. The van der Waals surface area contributed by atoms with Gasteiger partial charge in [0.05, 0.1) is 5.69 Å². The molecule has 0 radical (unpaired) electrons. The Labute approximate surface area is 250 Å². The monoisotopic (exact) mass is 549 g/mol. The number of aromatic nitrogens is 2. The van der Waals surface area contributed by atoms with Crippen LogP contribution in [0.15, 0.2) is 84.9 Å². The molecule has 1 amide bonds. The van der Waals surface area contributed by atoms with Crippen molar-refractivity contribution in [3.8, 4) is 22.8 Å². The number of carboxylic acid groups (broad SMARTS) is 1. The number of amides is 1. The number of aliphatic carboxylic acids is 1. The van der Waals surface area contributed by atoms with Gasteiger partial charge < -0.3 is 15.2 Å². The molecule has 2 N–H and O–H groups in total. The van der Waals surface area contributed by atoms with Crippen molar-refractivity contribution < 1.29 is 19.4 Å². The van der Waals surface area contributed by atoms with Crippen LogP contribution in [0.5, 0.6) is 11.6 Å². The molecule has 0 saturated heterocycles. The van der Waals surface area contributed by atoms with Crippen LogP contribution in [-0.2, 0) is 17.6 Å². The fourth-order valence-electron chi connectivity index (χ4n) is 4.19. The van der Waals surface area contributed by atoms with E-state index in [4.69, 9.17) is 4.74 Å². The number of rotatable bonds is 12. The molecule has 0 spiro atoms. The van der Waals surface area contributed by atoms with Crippen molar-refractivity contribution >= 4 is 42.5 Å². The summed E-state index contributed by atoms with van der Waals surface area (Å²) in [7, 11) is 0. The molecular formula is C31H32LiN3O4S. The van der Waals surface area contributed by atoms with Crippen LogP contribution in [0.1, 0.15) is 33.6 Å². The average Bonchev–Trinajstić information content (AvgIpc) is 2.95. The number of carbonyl (C=O) groups excluding carboxylic acids is 1. The average molecular weight is 550 g/mol. The van der Waals surface area contributed by atoms with Crippen LogP contribution in [-0.4, -0.2) is 64.1 Å². The third-order valence-electron chi connectivity index (χ3n) is 6.31. The molecule has 0 unspecified atom stereocenters. The number of ether oxygens (including phenoxy) is 1. The SMILES string of the molecule is CSCC[C@H](NC(=O)c1ccc(CCc2ccc(Oc3ccccc3)nn2)cc1-c1ccccc1C)C(=O)O.[LiH]. The van der Waals surface area contributed by atoms with Crippen LogP contribution in [0.3, 0.4) is 0 Å². The zero-order valence-corrected chi connectivity index (χ0v) is 22.8. The Balaban J connectivity index is 0.00000441. The van der Waals surface area contributed by atoms with Gasteiger partial charge in [-0.25, -0.2) is 4.79 Å². The Kier molecular flexibility index (Phi) is 11.8. The molecule has 202 valence electrons. The minimum atomic E-state index is -1.03. The number of hydrogen-bond acceptors (Lipinski definition) is 6. The predicted molar refractivity (Wildman–Crippen MR) is 162 cm³/mol. The van der Waals surface area contributed by atoms with Crippen molar-refractivity contribution in [2.45, 2.75) is 32.2 Å². The molecule has 1 aromatic heterocycles. The molecule has 0 saturated carbocycles. The van der Waals surface area contributed by atoms with Crippen molar-refractivity contribution in [3.05, 3.63) is 107 Å². The first-order valence-electron chi connectivity index (χ1n) is 12.7. The first kappa shape index (κ1) is 31.0. The third kappa shape index (κ3) is 8.46. The molecule has 4 rings (SSSR count). The van der Waals surface area contributed by atoms with Crippen LogP contribution in [0.25, 0.3) is 11.1 Å². The fourth-order valence-corrected chi connectivity index (χ4v) is 4.66. The van der Waals surface area contributed by atoms with Gasteiger partial charge in [0.25, 0.3) is 5.91 Å². The van der Waals surface area contributed by atoms with E-state index in [9.17, 15) is 14.7 Å². The van der Waals surface area contributed by atoms with Gasteiger partial charge in [-0.05, 0) is 84.7 Å². The topological polar surface area (TPSA) is 101 Å². The van der Waals surface area contributed by atoms with Crippen molar-refractivity contribution in [1.82, 2.24) is 15.5 Å². The van der Waals surface area contributed by atoms with Crippen molar-refractivity contribution in [2.75, 3.05) is 12.0 Å². The number of carboxylic acids is 1. The Hall–Kier alpha value is -3.57. The maximum absolute atomic E-state index is 13.3. The molecule has 0 bridgehead atoms. The van der Waals surface area contributed by atoms with Crippen LogP contribution >= 0.6 is 11.8 Å². The summed E-state index contributed by atoms with van der Waals surface area (Å²) < 4.78 is 5.72. The predicted octanol–water partition coefficient (Wildman–Crippen LogP) is 5.32. The number of nitrogens with zero attached hydrogens (tertiary/aromatic N) is 2. The minimum absolute atomic E-state index is 0. The molecule has 9 heteroatoms. The number of aryl methyl sites for hydroxylation is 3. The zero-order chi connectivity index (χ0) is 27.6. The third-order valence-corrected chi connectivity index (χ3v) is 6.95. The van der Waals surface area contributed by atoms with Crippen molar-refractivity contribution in [3.63, 3.8) is 0 Å². The Morgan fingerprint density at radius 2 is 1.68 bits per heavy atom. The normalized spacial score (nSPS) is 11.2. The first-order valence-corrected chi connectivity index (χ1v) is 14.1. The van der Waals surface area contributed by atoms with E-state index in [2.05, 4.69) is 15.5 Å². The Bertz CT molecular complexity index is 1420. The van der Waals surface area contributed by atoms with Gasteiger partial charge in [0.2, 0.25) is 5.88 Å². The van der Waals surface area contributed by atoms with Gasteiger partial charge in [0.1, 0.15) is 11.8 Å². The van der Waals surface area contributed by atoms with Crippen molar-refractivity contribution in [1.29, 1.82) is 0 Å². The zero-order valence-electron chi connectivity index (χ0n) is 22.0. The second-order valence-corrected chi connectivity index (χ2v) is 10.1. The number of hydrogen-bond donors (Lipinski definition) is 2. The van der Waals surface area contributed by atoms with Crippen LogP contribution < -0.4 is 10.1 Å². The Morgan fingerprint density at radius 1 is 0.925 bits per heavy atom. The molecule has 7 nitrogen and oxygen atoms in total. The first-order chi connectivity index (χ1) is 18.9. The summed E-state index contributed by atoms with van der Waals surface area (Å²) in [6.45, 7) is 2.00. The second kappa shape index (κ2) is 15.3. The van der Waals surface area contributed by atoms with E-state index in [1.165, 1.54) is 0 Å². The molecule has 0 aliphatic rings. The second-order valence-electron chi connectivity index (χ2n) is 9.12. The van der Waals surface area contributed by atoms with Gasteiger partial charge in [0.15, 0.2) is 0 Å². The molecule has 0 aliphatic carbocycles. The summed E-state index contributed by atoms with van der Waals surface area (Å²) in [5.41, 5.74) is 5.05. The van der Waals surface area contributed by atoms with E-state index in [0.29, 0.717) is 42.2 Å². The van der Waals surface area contributed by atoms with E-state index >= 15 is 0 Å². The van der Waals surface area contributed by atoms with Crippen LogP contribution in [0.2, 0.25) is 0 Å². The molecule has 0 fully saturated rings. The summed E-state index contributed by atoms with van der Waals surface area (Å²) in [6.07, 6.45) is 3.62. The van der Waals surface area contributed by atoms with Gasteiger partial charge >= 0.3 is 24.8 Å². The number of para-hydroxylation sites is 1. The van der Waals surface area contributed by atoms with E-state index in [1.807, 2.05) is 86.0 Å². The Morgan fingerprint density at radius 3 is 2.35 bits per heavy atom. The van der Waals surface area contributed by atoms with Gasteiger partial charge in [-0.2, -0.15) is 16.9 Å². The number of thioether (sulfide) groups is 1. The van der Waals surface area contributed by atoms with E-state index in [-0.39, 0.29) is 18.9 Å². The summed E-state index contributed by atoms with van der Waals surface area (Å²) in [6, 6.07) is 25.8. The number of carbonyl (C=O) groups is 2. The van der Waals surface area contributed by atoms with Gasteiger partial charge in [-0.15, -0.1) is 5.10 Å². The molecule has 1 heterocycles. The van der Waals surface area contributed by atoms with Crippen LogP contribution in [0, 0.1) is 6.92 Å². The maximum atomic E-state index is 13.3. The van der Waals surface area contributed by atoms with Crippen LogP contribution in [0.4, 0.5) is 0 Å². The van der Waals surface area contributed by atoms with E-state index in [0.717, 1.165) is 27.9 Å². The molecule has 1 atom stereocenters. The number of benzene rings is 3. The van der Waals surface area contributed by atoms with Gasteiger partial charge in [-0.1, -0.05) is 54.6 Å². The molecular weight excluding hydrogens is 517 g/mol.